The minimum atomic E-state index is 0.186. The second-order valence-electron chi connectivity index (χ2n) is 2.77. The molecule has 0 N–H and O–H groups in total. The van der Waals surface area contributed by atoms with Crippen molar-refractivity contribution in [2.45, 2.75) is 33.6 Å². The van der Waals surface area contributed by atoms with Crippen LogP contribution in [0.25, 0.3) is 0 Å². The van der Waals surface area contributed by atoms with Crippen molar-refractivity contribution in [2.24, 2.45) is 0 Å². The van der Waals surface area contributed by atoms with Gasteiger partial charge in [-0.25, -0.2) is 0 Å². The maximum Gasteiger partial charge on any atom is 0.136 e. The van der Waals surface area contributed by atoms with Gasteiger partial charge in [0.05, 0.1) is 5.69 Å². The van der Waals surface area contributed by atoms with E-state index in [2.05, 4.69) is 19.0 Å². The molecule has 2 nitrogen and oxygen atoms in total. The fraction of sp³-hybridized carbons (Fsp3) is 0.625. The van der Waals surface area contributed by atoms with E-state index in [-0.39, 0.29) is 6.90 Å². The van der Waals surface area contributed by atoms with Crippen molar-refractivity contribution >= 4 is 0 Å². The maximum atomic E-state index is 7.11. The van der Waals surface area contributed by atoms with Crippen molar-refractivity contribution in [1.29, 1.82) is 0 Å². The lowest BCUT2D eigenvalue weighted by molar-refractivity contribution is 0.387. The lowest BCUT2D eigenvalue weighted by Gasteiger charge is -1.97. The molecule has 0 aliphatic heterocycles. The van der Waals surface area contributed by atoms with E-state index < -0.39 is 0 Å². The van der Waals surface area contributed by atoms with E-state index in [1.807, 2.05) is 6.92 Å². The average Bonchev–Trinajstić information content (AvgIpc) is 2.30. The maximum absolute atomic E-state index is 7.11. The van der Waals surface area contributed by atoms with E-state index in [9.17, 15) is 0 Å². The summed E-state index contributed by atoms with van der Waals surface area (Å²) in [5.41, 5.74) is 2.02. The summed E-state index contributed by atoms with van der Waals surface area (Å²) in [4.78, 5) is 0. The Labute approximate surface area is 62.6 Å². The van der Waals surface area contributed by atoms with Gasteiger partial charge in [0.1, 0.15) is 5.76 Å². The molecule has 0 aliphatic carbocycles. The van der Waals surface area contributed by atoms with Crippen LogP contribution in [0.5, 0.6) is 0 Å². The molecule has 0 amide bonds. The minimum Gasteiger partial charge on any atom is -0.361 e. The van der Waals surface area contributed by atoms with Gasteiger partial charge in [0.2, 0.25) is 0 Å². The molecule has 1 heterocycles. The third-order valence-electron chi connectivity index (χ3n) is 1.60. The molecule has 0 aromatic carbocycles. The predicted octanol–water partition coefficient (Wildman–Crippen LogP) is 2.41. The molecule has 2 heteroatoms. The van der Waals surface area contributed by atoms with Crippen molar-refractivity contribution in [2.75, 3.05) is 0 Å². The minimum absolute atomic E-state index is 0.186. The number of rotatable bonds is 1. The lowest BCUT2D eigenvalue weighted by Crippen LogP contribution is -1.89. The van der Waals surface area contributed by atoms with Crippen LogP contribution in [-0.2, 0) is 0 Å². The third kappa shape index (κ3) is 1.06. The summed E-state index contributed by atoms with van der Waals surface area (Å²) in [6, 6.07) is 0. The van der Waals surface area contributed by atoms with Gasteiger partial charge in [-0.05, 0) is 19.7 Å². The summed E-state index contributed by atoms with van der Waals surface area (Å²) in [6.07, 6.45) is 0. The first-order chi connectivity index (χ1) is 5.16. The first-order valence-electron chi connectivity index (χ1n) is 4.11. The zero-order chi connectivity index (χ0) is 8.43. The number of aryl methyl sites for hydroxylation is 1. The molecular formula is C8H13NO. The molecule has 0 radical (unpaired) electrons. The Hall–Kier alpha value is -0.790. The quantitative estimate of drug-likeness (QED) is 0.598. The summed E-state index contributed by atoms with van der Waals surface area (Å²) >= 11 is 0. The van der Waals surface area contributed by atoms with Crippen LogP contribution in [0.3, 0.4) is 0 Å². The summed E-state index contributed by atoms with van der Waals surface area (Å²) in [5, 5.41) is 3.89. The second kappa shape index (κ2) is 2.45. The van der Waals surface area contributed by atoms with Gasteiger partial charge in [0, 0.05) is 6.93 Å². The van der Waals surface area contributed by atoms with Gasteiger partial charge in [0.25, 0.3) is 0 Å². The number of nitrogens with zero attached hydrogens (tertiary/aromatic N) is 1. The van der Waals surface area contributed by atoms with Crippen molar-refractivity contribution in [3.63, 3.8) is 0 Å². The SMILES string of the molecule is [2H]Cc1onc(C(C)C)c1C. The van der Waals surface area contributed by atoms with E-state index in [4.69, 9.17) is 5.89 Å². The van der Waals surface area contributed by atoms with Gasteiger partial charge in [-0.2, -0.15) is 0 Å². The molecule has 0 saturated heterocycles. The predicted molar refractivity (Wildman–Crippen MR) is 40.1 cm³/mol. The Bertz CT molecular complexity index is 242. The summed E-state index contributed by atoms with van der Waals surface area (Å²) < 4.78 is 12.1. The molecule has 0 aliphatic rings. The standard InChI is InChI=1S/C8H13NO/c1-5(2)8-6(3)7(4)10-9-8/h5H,1-4H3/i4D. The Balaban J connectivity index is 3.00. The summed E-state index contributed by atoms with van der Waals surface area (Å²) in [5.74, 6) is 1.08. The van der Waals surface area contributed by atoms with Gasteiger partial charge < -0.3 is 4.52 Å². The first-order valence-corrected chi connectivity index (χ1v) is 3.41. The molecule has 1 aromatic rings. The zero-order valence-electron chi connectivity index (χ0n) is 7.64. The van der Waals surface area contributed by atoms with Crippen LogP contribution >= 0.6 is 0 Å². The molecule has 0 saturated carbocycles. The van der Waals surface area contributed by atoms with Crippen molar-refractivity contribution in [3.8, 4) is 0 Å². The van der Waals surface area contributed by atoms with Gasteiger partial charge in [0.15, 0.2) is 0 Å². The van der Waals surface area contributed by atoms with E-state index in [1.54, 1.807) is 0 Å². The molecule has 1 rings (SSSR count). The average molecular weight is 140 g/mol. The Morgan fingerprint density at radius 2 is 2.30 bits per heavy atom. The molecular weight excluding hydrogens is 126 g/mol. The lowest BCUT2D eigenvalue weighted by atomic mass is 10.1. The Morgan fingerprint density at radius 3 is 2.60 bits per heavy atom. The third-order valence-corrected chi connectivity index (χ3v) is 1.60. The molecule has 0 unspecified atom stereocenters. The highest BCUT2D eigenvalue weighted by Crippen LogP contribution is 2.19. The van der Waals surface area contributed by atoms with E-state index >= 15 is 0 Å². The number of aromatic nitrogens is 1. The van der Waals surface area contributed by atoms with Crippen LogP contribution in [0.4, 0.5) is 0 Å². The fourth-order valence-corrected chi connectivity index (χ4v) is 0.922. The largest absolute Gasteiger partial charge is 0.361 e. The van der Waals surface area contributed by atoms with Crippen LogP contribution in [0.1, 0.15) is 38.2 Å². The first kappa shape index (κ1) is 5.96. The van der Waals surface area contributed by atoms with Gasteiger partial charge in [-0.3, -0.25) is 0 Å². The number of hydrogen-bond acceptors (Lipinski definition) is 2. The molecule has 56 valence electrons. The zero-order valence-corrected chi connectivity index (χ0v) is 6.64. The summed E-state index contributed by atoms with van der Waals surface area (Å²) in [7, 11) is 0. The topological polar surface area (TPSA) is 26.0 Å². The Kier molecular flexibility index (Phi) is 1.46. The summed E-state index contributed by atoms with van der Waals surface area (Å²) in [6.45, 7) is 6.28. The van der Waals surface area contributed by atoms with Gasteiger partial charge >= 0.3 is 0 Å². The number of hydrogen-bond donors (Lipinski definition) is 0. The van der Waals surface area contributed by atoms with E-state index in [1.165, 1.54) is 0 Å². The van der Waals surface area contributed by atoms with Crippen LogP contribution < -0.4 is 0 Å². The highest BCUT2D eigenvalue weighted by atomic mass is 16.5. The van der Waals surface area contributed by atoms with Crippen LogP contribution in [0.2, 0.25) is 0 Å². The second-order valence-corrected chi connectivity index (χ2v) is 2.77. The van der Waals surface area contributed by atoms with Crippen LogP contribution in [0.15, 0.2) is 4.52 Å². The normalized spacial score (nSPS) is 12.2. The molecule has 0 bridgehead atoms. The molecule has 0 spiro atoms. The van der Waals surface area contributed by atoms with Gasteiger partial charge in [-0.1, -0.05) is 19.0 Å². The van der Waals surface area contributed by atoms with Crippen LogP contribution in [-0.4, -0.2) is 5.16 Å². The van der Waals surface area contributed by atoms with Crippen molar-refractivity contribution in [1.82, 2.24) is 5.16 Å². The smallest absolute Gasteiger partial charge is 0.136 e. The molecule has 0 atom stereocenters. The van der Waals surface area contributed by atoms with Crippen molar-refractivity contribution < 1.29 is 5.89 Å². The molecule has 0 fully saturated rings. The van der Waals surface area contributed by atoms with Gasteiger partial charge in [-0.15, -0.1) is 0 Å². The van der Waals surface area contributed by atoms with E-state index in [0.717, 1.165) is 11.3 Å². The highest BCUT2D eigenvalue weighted by Gasteiger charge is 2.10. The molecule has 10 heavy (non-hydrogen) atoms. The monoisotopic (exact) mass is 140 g/mol. The highest BCUT2D eigenvalue weighted by molar-refractivity contribution is 5.22. The van der Waals surface area contributed by atoms with Crippen LogP contribution in [0, 0.1) is 13.8 Å². The fourth-order valence-electron chi connectivity index (χ4n) is 0.922. The Morgan fingerprint density at radius 1 is 1.60 bits per heavy atom. The molecule has 1 aromatic heterocycles. The van der Waals surface area contributed by atoms with Crippen molar-refractivity contribution in [3.05, 3.63) is 17.0 Å². The van der Waals surface area contributed by atoms with E-state index in [0.29, 0.717) is 11.7 Å².